The summed E-state index contributed by atoms with van der Waals surface area (Å²) >= 11 is 0. The summed E-state index contributed by atoms with van der Waals surface area (Å²) in [5.74, 6) is -0.197. The van der Waals surface area contributed by atoms with E-state index in [1.807, 2.05) is 30.3 Å². The number of carbonyl (C=O) groups excluding carboxylic acids is 2. The van der Waals surface area contributed by atoms with Gasteiger partial charge in [0.05, 0.1) is 6.61 Å². The molecule has 26 heavy (non-hydrogen) atoms. The van der Waals surface area contributed by atoms with E-state index in [-0.39, 0.29) is 18.9 Å². The van der Waals surface area contributed by atoms with Crippen LogP contribution in [0.15, 0.2) is 30.3 Å². The van der Waals surface area contributed by atoms with Gasteiger partial charge in [-0.2, -0.15) is 0 Å². The van der Waals surface area contributed by atoms with Crippen LogP contribution in [0, 0.1) is 0 Å². The smallest absolute Gasteiger partial charge is 0.407 e. The first kappa shape index (κ1) is 22.0. The number of benzene rings is 1. The lowest BCUT2D eigenvalue weighted by molar-refractivity contribution is -0.182. The maximum absolute atomic E-state index is 11.9. The van der Waals surface area contributed by atoms with Crippen LogP contribution in [-0.2, 0) is 21.0 Å². The van der Waals surface area contributed by atoms with E-state index in [0.717, 1.165) is 18.4 Å². The summed E-state index contributed by atoms with van der Waals surface area (Å²) in [6.07, 6.45) is 6.56. The van der Waals surface area contributed by atoms with Crippen LogP contribution in [0.4, 0.5) is 4.79 Å². The van der Waals surface area contributed by atoms with Crippen LogP contribution in [0.25, 0.3) is 0 Å². The third-order valence-corrected chi connectivity index (χ3v) is 3.96. The minimum Gasteiger partial charge on any atom is -0.450 e. The Labute approximate surface area is 156 Å². The number of hydrogen-bond donors (Lipinski definition) is 1. The predicted molar refractivity (Wildman–Crippen MR) is 101 cm³/mol. The second-order valence-corrected chi connectivity index (χ2v) is 6.23. The molecule has 1 aromatic carbocycles. The zero-order chi connectivity index (χ0) is 19.0. The summed E-state index contributed by atoms with van der Waals surface area (Å²) in [4.78, 5) is 28.9. The Morgan fingerprint density at radius 3 is 2.46 bits per heavy atom. The Morgan fingerprint density at radius 2 is 1.73 bits per heavy atom. The molecule has 0 heterocycles. The van der Waals surface area contributed by atoms with Crippen LogP contribution in [0.3, 0.4) is 0 Å². The topological polar surface area (TPSA) is 67.9 Å². The van der Waals surface area contributed by atoms with E-state index in [1.165, 1.54) is 30.7 Å². The lowest BCUT2D eigenvalue weighted by Gasteiger charge is -2.17. The molecule has 1 rings (SSSR count). The number of alkyl carbamates (subject to hydrolysis) is 1. The average Bonchev–Trinajstić information content (AvgIpc) is 2.66. The van der Waals surface area contributed by atoms with E-state index >= 15 is 0 Å². The number of ether oxygens (including phenoxy) is 1. The van der Waals surface area contributed by atoms with Gasteiger partial charge in [-0.1, -0.05) is 69.4 Å². The monoisotopic (exact) mass is 364 g/mol. The highest BCUT2D eigenvalue weighted by Gasteiger charge is 2.10. The van der Waals surface area contributed by atoms with Crippen molar-refractivity contribution >= 4 is 12.0 Å². The van der Waals surface area contributed by atoms with E-state index < -0.39 is 6.09 Å². The molecular weight excluding hydrogens is 332 g/mol. The standard InChI is InChI=1S/C20H32N2O4/c1-3-4-5-6-7-11-16-25-20(24)21-15-14-19(23)22(2)26-17-18-12-9-8-10-13-18/h8-10,12-13H,3-7,11,14-17H2,1-2H3,(H,21,24). The van der Waals surface area contributed by atoms with Crippen molar-refractivity contribution < 1.29 is 19.2 Å². The maximum atomic E-state index is 11.9. The van der Waals surface area contributed by atoms with Gasteiger partial charge < -0.3 is 10.1 Å². The van der Waals surface area contributed by atoms with Crippen molar-refractivity contribution in [1.82, 2.24) is 10.4 Å². The van der Waals surface area contributed by atoms with Gasteiger partial charge in [-0.25, -0.2) is 9.86 Å². The van der Waals surface area contributed by atoms with E-state index in [2.05, 4.69) is 12.2 Å². The summed E-state index contributed by atoms with van der Waals surface area (Å²) in [7, 11) is 1.57. The zero-order valence-electron chi connectivity index (χ0n) is 16.0. The predicted octanol–water partition coefficient (Wildman–Crippen LogP) is 4.05. The summed E-state index contributed by atoms with van der Waals surface area (Å²) in [5, 5.41) is 3.79. The Hall–Kier alpha value is -2.08. The van der Waals surface area contributed by atoms with E-state index in [0.29, 0.717) is 13.2 Å². The summed E-state index contributed by atoms with van der Waals surface area (Å²) in [5.41, 5.74) is 0.989. The van der Waals surface area contributed by atoms with Crippen molar-refractivity contribution in [2.75, 3.05) is 20.2 Å². The van der Waals surface area contributed by atoms with E-state index in [4.69, 9.17) is 9.57 Å². The third kappa shape index (κ3) is 10.7. The maximum Gasteiger partial charge on any atom is 0.407 e. The lowest BCUT2D eigenvalue weighted by Crippen LogP contribution is -2.32. The lowest BCUT2D eigenvalue weighted by atomic mass is 10.1. The molecule has 0 unspecified atom stereocenters. The first-order chi connectivity index (χ1) is 12.6. The van der Waals surface area contributed by atoms with Gasteiger partial charge in [-0.15, -0.1) is 0 Å². The Bertz CT molecular complexity index is 508. The molecule has 0 atom stereocenters. The van der Waals surface area contributed by atoms with Crippen molar-refractivity contribution in [2.24, 2.45) is 0 Å². The van der Waals surface area contributed by atoms with Crippen molar-refractivity contribution in [3.63, 3.8) is 0 Å². The molecule has 1 aromatic rings. The molecule has 0 aromatic heterocycles. The summed E-state index contributed by atoms with van der Waals surface area (Å²) in [6, 6.07) is 9.62. The van der Waals surface area contributed by atoms with Crippen molar-refractivity contribution in [1.29, 1.82) is 0 Å². The van der Waals surface area contributed by atoms with Crippen molar-refractivity contribution in [3.05, 3.63) is 35.9 Å². The second-order valence-electron chi connectivity index (χ2n) is 6.23. The Balaban J connectivity index is 2.03. The molecule has 0 fully saturated rings. The van der Waals surface area contributed by atoms with Gasteiger partial charge in [0.25, 0.3) is 0 Å². The number of hydrogen-bond acceptors (Lipinski definition) is 4. The SMILES string of the molecule is CCCCCCCCOC(=O)NCCC(=O)N(C)OCc1ccccc1. The number of rotatable bonds is 13. The third-order valence-electron chi connectivity index (χ3n) is 3.96. The van der Waals surface area contributed by atoms with Gasteiger partial charge in [0.1, 0.15) is 6.61 Å². The van der Waals surface area contributed by atoms with Gasteiger partial charge >= 0.3 is 6.09 Å². The molecule has 0 saturated carbocycles. The molecule has 0 spiro atoms. The van der Waals surface area contributed by atoms with Gasteiger partial charge in [0.2, 0.25) is 5.91 Å². The number of hydroxylamine groups is 2. The fraction of sp³-hybridized carbons (Fsp3) is 0.600. The average molecular weight is 364 g/mol. The fourth-order valence-electron chi connectivity index (χ4n) is 2.34. The molecule has 2 amide bonds. The number of unbranched alkanes of at least 4 members (excludes halogenated alkanes) is 5. The molecule has 6 heteroatoms. The second kappa shape index (κ2) is 14.1. The number of amides is 2. The molecule has 0 saturated heterocycles. The van der Waals surface area contributed by atoms with Crippen LogP contribution in [-0.4, -0.2) is 37.3 Å². The zero-order valence-corrected chi connectivity index (χ0v) is 16.0. The Morgan fingerprint density at radius 1 is 1.04 bits per heavy atom. The highest BCUT2D eigenvalue weighted by Crippen LogP contribution is 2.05. The first-order valence-electron chi connectivity index (χ1n) is 9.47. The Kier molecular flexibility index (Phi) is 11.9. The molecule has 0 aliphatic carbocycles. The van der Waals surface area contributed by atoms with Gasteiger partial charge in [0.15, 0.2) is 0 Å². The molecule has 1 N–H and O–H groups in total. The highest BCUT2D eigenvalue weighted by atomic mass is 16.7. The van der Waals surface area contributed by atoms with Gasteiger partial charge in [-0.3, -0.25) is 9.63 Å². The minimum absolute atomic E-state index is 0.164. The van der Waals surface area contributed by atoms with E-state index in [9.17, 15) is 9.59 Å². The molecule has 0 aliphatic heterocycles. The molecule has 6 nitrogen and oxygen atoms in total. The summed E-state index contributed by atoms with van der Waals surface area (Å²) < 4.78 is 5.09. The van der Waals surface area contributed by atoms with Crippen LogP contribution >= 0.6 is 0 Å². The number of nitrogens with one attached hydrogen (secondary N) is 1. The minimum atomic E-state index is -0.473. The van der Waals surface area contributed by atoms with Crippen molar-refractivity contribution in [3.8, 4) is 0 Å². The van der Waals surface area contributed by atoms with E-state index in [1.54, 1.807) is 7.05 Å². The van der Waals surface area contributed by atoms with Crippen molar-refractivity contribution in [2.45, 2.75) is 58.5 Å². The fourth-order valence-corrected chi connectivity index (χ4v) is 2.34. The highest BCUT2D eigenvalue weighted by molar-refractivity contribution is 5.76. The van der Waals surface area contributed by atoms with Crippen LogP contribution in [0.5, 0.6) is 0 Å². The van der Waals surface area contributed by atoms with Crippen LogP contribution in [0.2, 0.25) is 0 Å². The molecule has 0 bridgehead atoms. The molecular formula is C20H32N2O4. The number of carbonyl (C=O) groups is 2. The summed E-state index contributed by atoms with van der Waals surface area (Å²) in [6.45, 7) is 3.17. The van der Waals surface area contributed by atoms with Gasteiger partial charge in [0, 0.05) is 20.0 Å². The molecule has 146 valence electrons. The first-order valence-corrected chi connectivity index (χ1v) is 9.47. The largest absolute Gasteiger partial charge is 0.450 e. The van der Waals surface area contributed by atoms with Crippen LogP contribution < -0.4 is 5.32 Å². The molecule has 0 aliphatic rings. The quantitative estimate of drug-likeness (QED) is 0.423. The normalized spacial score (nSPS) is 10.4. The van der Waals surface area contributed by atoms with Crippen LogP contribution in [0.1, 0.15) is 57.4 Å². The molecule has 0 radical (unpaired) electrons. The van der Waals surface area contributed by atoms with Gasteiger partial charge in [-0.05, 0) is 12.0 Å². The number of nitrogens with zero attached hydrogens (tertiary/aromatic N) is 1.